The third-order valence-corrected chi connectivity index (χ3v) is 7.84. The second kappa shape index (κ2) is 7.58. The predicted octanol–water partition coefficient (Wildman–Crippen LogP) is 4.97. The molecule has 37 heavy (non-hydrogen) atoms. The fraction of sp³-hybridized carbons (Fsp3) is 0.321. The number of aromatic nitrogens is 3. The van der Waals surface area contributed by atoms with Crippen LogP contribution in [0.3, 0.4) is 0 Å². The third-order valence-electron chi connectivity index (χ3n) is 7.84. The number of benzene rings is 2. The zero-order valence-corrected chi connectivity index (χ0v) is 19.8. The van der Waals surface area contributed by atoms with Crippen molar-refractivity contribution in [1.29, 1.82) is 0 Å². The van der Waals surface area contributed by atoms with Gasteiger partial charge in [0.2, 0.25) is 0 Å². The molecule has 0 radical (unpaired) electrons. The van der Waals surface area contributed by atoms with Gasteiger partial charge in [-0.2, -0.15) is 8.78 Å². The second-order valence-corrected chi connectivity index (χ2v) is 10.1. The zero-order valence-electron chi connectivity index (χ0n) is 22.8. The average molecular weight is 506 g/mol. The summed E-state index contributed by atoms with van der Waals surface area (Å²) in [4.78, 5) is 23.7. The van der Waals surface area contributed by atoms with Gasteiger partial charge in [-0.25, -0.2) is 4.98 Å². The Morgan fingerprint density at radius 1 is 1.22 bits per heavy atom. The number of halogens is 2. The topological polar surface area (TPSA) is 80.5 Å². The van der Waals surface area contributed by atoms with E-state index in [-0.39, 0.29) is 23.3 Å². The number of carbonyl (C=O) groups is 1. The van der Waals surface area contributed by atoms with Crippen LogP contribution >= 0.6 is 0 Å². The van der Waals surface area contributed by atoms with Gasteiger partial charge in [-0.1, -0.05) is 12.1 Å². The number of fused-ring (bicyclic) bond motifs is 10. The van der Waals surface area contributed by atoms with E-state index in [1.165, 1.54) is 18.2 Å². The maximum absolute atomic E-state index is 13.6. The number of aryl methyl sites for hydroxylation is 1. The summed E-state index contributed by atoms with van der Waals surface area (Å²) in [5.41, 5.74) is 3.84. The quantitative estimate of drug-likeness (QED) is 0.425. The number of nitrogens with zero attached hydrogens (tertiary/aromatic N) is 4. The summed E-state index contributed by atoms with van der Waals surface area (Å²) in [6, 6.07) is 10.3. The molecule has 9 heteroatoms. The largest absolute Gasteiger partial charge is 0.434 e. The van der Waals surface area contributed by atoms with Crippen LogP contribution in [0.15, 0.2) is 48.7 Å². The van der Waals surface area contributed by atoms with Gasteiger partial charge in [0, 0.05) is 40.4 Å². The van der Waals surface area contributed by atoms with Crippen molar-refractivity contribution in [2.75, 3.05) is 6.98 Å². The third kappa shape index (κ3) is 3.16. The number of rotatable bonds is 3. The summed E-state index contributed by atoms with van der Waals surface area (Å²) in [6.07, 6.45) is 3.17. The molecule has 4 heterocycles. The van der Waals surface area contributed by atoms with E-state index in [1.54, 1.807) is 13.1 Å². The molecule has 1 unspecified atom stereocenters. The number of imidazole rings is 1. The highest BCUT2D eigenvalue weighted by atomic mass is 19.3. The van der Waals surface area contributed by atoms with Gasteiger partial charge in [0.1, 0.15) is 17.2 Å². The lowest BCUT2D eigenvalue weighted by Crippen LogP contribution is -2.30. The molecule has 188 valence electrons. The van der Waals surface area contributed by atoms with E-state index in [1.807, 2.05) is 28.8 Å². The minimum absolute atomic E-state index is 0.0142. The Kier molecular flexibility index (Phi) is 3.95. The monoisotopic (exact) mass is 505 g/mol. The normalized spacial score (nSPS) is 25.4. The predicted molar refractivity (Wildman–Crippen MR) is 132 cm³/mol. The van der Waals surface area contributed by atoms with Crippen LogP contribution in [0.25, 0.3) is 22.2 Å². The fourth-order valence-corrected chi connectivity index (χ4v) is 6.13. The zero-order chi connectivity index (χ0) is 28.1. The van der Waals surface area contributed by atoms with Crippen LogP contribution in [0.5, 0.6) is 5.75 Å². The van der Waals surface area contributed by atoms with Crippen molar-refractivity contribution in [2.45, 2.75) is 50.5 Å². The molecule has 7 rings (SSSR count). The van der Waals surface area contributed by atoms with Gasteiger partial charge in [0.25, 0.3) is 5.91 Å². The first-order chi connectivity index (χ1) is 18.9. The molecule has 3 atom stereocenters. The lowest BCUT2D eigenvalue weighted by Gasteiger charge is -2.24. The molecule has 2 aliphatic heterocycles. The standard InChI is InChI=1S/C28H24F2N4O3/c1-28(36)9-8-15-10-16(13-31-24(15)28)14-6-7-18-19(11-14)34-20-12-21(25(34)32-18)33(2)26(35)17-4-3-5-22(23(17)20)37-27(29)30/h3-7,10-11,13,20-21,27,36H,8-9,12H2,1-2H3/t20-,21-,28?/m1/s1/i2D3. The molecule has 4 aromatic rings. The van der Waals surface area contributed by atoms with E-state index in [0.717, 1.165) is 21.6 Å². The number of alkyl halides is 2. The van der Waals surface area contributed by atoms with Gasteiger partial charge < -0.3 is 19.3 Å². The smallest absolute Gasteiger partial charge is 0.387 e. The molecule has 0 saturated carbocycles. The molecule has 0 saturated heterocycles. The van der Waals surface area contributed by atoms with Crippen LogP contribution in [0.2, 0.25) is 0 Å². The number of hydrogen-bond acceptors (Lipinski definition) is 5. The average Bonchev–Trinajstić information content (AvgIpc) is 3.49. The SMILES string of the molecule is [2H]C([2H])([2H])N1C(=O)c2cccc(OC(F)F)c2[C@H]2C[C@@H]1c1nc3ccc(-c4cnc5c(c4)CCC5(C)O)cc3n12. The molecule has 2 aromatic carbocycles. The molecular weight excluding hydrogens is 478 g/mol. The first-order valence-electron chi connectivity index (χ1n) is 13.6. The lowest BCUT2D eigenvalue weighted by molar-refractivity contribution is -0.0507. The summed E-state index contributed by atoms with van der Waals surface area (Å²) in [6.45, 7) is -4.16. The maximum Gasteiger partial charge on any atom is 0.387 e. The van der Waals surface area contributed by atoms with Crippen LogP contribution < -0.4 is 4.74 Å². The Balaban J connectivity index is 1.43. The van der Waals surface area contributed by atoms with Crippen LogP contribution in [0, 0.1) is 0 Å². The Labute approximate surface area is 215 Å². The first-order valence-corrected chi connectivity index (χ1v) is 12.1. The van der Waals surface area contributed by atoms with Crippen LogP contribution in [0.1, 0.15) is 69.0 Å². The number of carbonyl (C=O) groups excluding carboxylic acids is 1. The van der Waals surface area contributed by atoms with E-state index >= 15 is 0 Å². The van der Waals surface area contributed by atoms with Gasteiger partial charge in [0.15, 0.2) is 0 Å². The van der Waals surface area contributed by atoms with Gasteiger partial charge in [0.05, 0.1) is 28.8 Å². The van der Waals surface area contributed by atoms with Crippen molar-refractivity contribution >= 4 is 16.9 Å². The number of pyridine rings is 1. The molecule has 2 bridgehead atoms. The molecule has 1 amide bonds. The first kappa shape index (κ1) is 19.3. The van der Waals surface area contributed by atoms with Crippen LogP contribution in [-0.2, 0) is 12.0 Å². The van der Waals surface area contributed by atoms with Crippen molar-refractivity contribution in [3.05, 3.63) is 76.9 Å². The fourth-order valence-electron chi connectivity index (χ4n) is 6.13. The molecule has 3 aliphatic rings. The Morgan fingerprint density at radius 3 is 2.89 bits per heavy atom. The molecule has 2 aromatic heterocycles. The van der Waals surface area contributed by atoms with Crippen molar-refractivity contribution < 1.29 is 27.5 Å². The Bertz CT molecular complexity index is 1720. The van der Waals surface area contributed by atoms with E-state index < -0.39 is 37.2 Å². The number of aliphatic hydroxyl groups is 1. The van der Waals surface area contributed by atoms with E-state index in [4.69, 9.17) is 13.8 Å². The van der Waals surface area contributed by atoms with Crippen molar-refractivity contribution in [3.63, 3.8) is 0 Å². The molecule has 7 nitrogen and oxygen atoms in total. The highest BCUT2D eigenvalue weighted by Gasteiger charge is 2.45. The van der Waals surface area contributed by atoms with Gasteiger partial charge >= 0.3 is 6.61 Å². The van der Waals surface area contributed by atoms with Crippen molar-refractivity contribution in [2.24, 2.45) is 0 Å². The van der Waals surface area contributed by atoms with Crippen LogP contribution in [-0.4, -0.2) is 44.0 Å². The minimum Gasteiger partial charge on any atom is -0.434 e. The number of amides is 1. The summed E-state index contributed by atoms with van der Waals surface area (Å²) >= 11 is 0. The number of ether oxygens (including phenoxy) is 1. The summed E-state index contributed by atoms with van der Waals surface area (Å²) in [5, 5.41) is 10.6. The van der Waals surface area contributed by atoms with Gasteiger partial charge in [-0.15, -0.1) is 0 Å². The highest BCUT2D eigenvalue weighted by Crippen LogP contribution is 2.50. The number of hydrogen-bond donors (Lipinski definition) is 1. The molecular formula is C28H24F2N4O3. The van der Waals surface area contributed by atoms with E-state index in [2.05, 4.69) is 4.98 Å². The highest BCUT2D eigenvalue weighted by molar-refractivity contribution is 5.98. The molecule has 0 spiro atoms. The molecule has 1 aliphatic carbocycles. The Morgan fingerprint density at radius 2 is 2.08 bits per heavy atom. The van der Waals surface area contributed by atoms with Crippen molar-refractivity contribution in [3.8, 4) is 16.9 Å². The Hall–Kier alpha value is -3.85. The summed E-state index contributed by atoms with van der Waals surface area (Å²) in [5.74, 6) is -0.568. The van der Waals surface area contributed by atoms with Crippen molar-refractivity contribution in [1.82, 2.24) is 19.4 Å². The molecule has 0 fully saturated rings. The second-order valence-electron chi connectivity index (χ2n) is 10.1. The minimum atomic E-state index is -3.13. The maximum atomic E-state index is 13.6. The lowest BCUT2D eigenvalue weighted by atomic mass is 9.97. The van der Waals surface area contributed by atoms with Gasteiger partial charge in [-0.05, 0) is 61.2 Å². The van der Waals surface area contributed by atoms with Gasteiger partial charge in [-0.3, -0.25) is 9.78 Å². The van der Waals surface area contributed by atoms with Crippen LogP contribution in [0.4, 0.5) is 8.78 Å². The summed E-state index contributed by atoms with van der Waals surface area (Å²) in [7, 11) is 0. The van der Waals surface area contributed by atoms with E-state index in [0.29, 0.717) is 35.4 Å². The van der Waals surface area contributed by atoms with E-state index in [9.17, 15) is 18.7 Å². The molecule has 1 N–H and O–H groups in total. The summed E-state index contributed by atoms with van der Waals surface area (Å²) < 4.78 is 58.0.